The minimum atomic E-state index is 0.564. The number of nitrogens with one attached hydrogen (secondary N) is 1. The molecule has 0 aliphatic heterocycles. The SMILES string of the molecule is [B]c1cc2ccc(C(C)C)cc2[nH]1. The molecule has 2 heteroatoms. The molecule has 1 aromatic carbocycles. The highest BCUT2D eigenvalue weighted by atomic mass is 14.7. The molecule has 0 aliphatic rings. The van der Waals surface area contributed by atoms with E-state index in [1.807, 2.05) is 6.07 Å². The van der Waals surface area contributed by atoms with Gasteiger partial charge in [0.25, 0.3) is 0 Å². The van der Waals surface area contributed by atoms with Gasteiger partial charge in [0.15, 0.2) is 0 Å². The summed E-state index contributed by atoms with van der Waals surface area (Å²) in [6.07, 6.45) is 0. The summed E-state index contributed by atoms with van der Waals surface area (Å²) in [6, 6.07) is 8.38. The maximum absolute atomic E-state index is 5.66. The molecule has 1 aromatic heterocycles. The lowest BCUT2D eigenvalue weighted by Gasteiger charge is -2.03. The highest BCUT2D eigenvalue weighted by Gasteiger charge is 2.01. The molecule has 0 atom stereocenters. The van der Waals surface area contributed by atoms with Crippen molar-refractivity contribution in [3.05, 3.63) is 29.8 Å². The van der Waals surface area contributed by atoms with Gasteiger partial charge in [-0.2, -0.15) is 0 Å². The molecule has 0 fully saturated rings. The van der Waals surface area contributed by atoms with Crippen LogP contribution in [0.25, 0.3) is 10.9 Å². The molecular formula is C11H12BN. The summed E-state index contributed by atoms with van der Waals surface area (Å²) >= 11 is 0. The molecule has 2 aromatic rings. The quantitative estimate of drug-likeness (QED) is 0.629. The van der Waals surface area contributed by atoms with Crippen LogP contribution in [-0.4, -0.2) is 12.8 Å². The van der Waals surface area contributed by atoms with Crippen molar-refractivity contribution in [2.45, 2.75) is 19.8 Å². The van der Waals surface area contributed by atoms with E-state index in [4.69, 9.17) is 7.85 Å². The minimum Gasteiger partial charge on any atom is -0.368 e. The van der Waals surface area contributed by atoms with Crippen molar-refractivity contribution >= 4 is 24.3 Å². The number of aromatic nitrogens is 1. The third-order valence-electron chi connectivity index (χ3n) is 2.33. The van der Waals surface area contributed by atoms with E-state index in [0.29, 0.717) is 5.92 Å². The van der Waals surface area contributed by atoms with Crippen molar-refractivity contribution in [1.29, 1.82) is 0 Å². The van der Waals surface area contributed by atoms with Crippen LogP contribution in [-0.2, 0) is 0 Å². The van der Waals surface area contributed by atoms with Gasteiger partial charge in [0, 0.05) is 5.52 Å². The summed E-state index contributed by atoms with van der Waals surface area (Å²) in [5.41, 5.74) is 3.20. The van der Waals surface area contributed by atoms with E-state index < -0.39 is 0 Å². The second-order valence-corrected chi connectivity index (χ2v) is 3.73. The predicted molar refractivity (Wildman–Crippen MR) is 57.8 cm³/mol. The van der Waals surface area contributed by atoms with E-state index in [0.717, 1.165) is 11.1 Å². The Balaban J connectivity index is 2.61. The van der Waals surface area contributed by atoms with Crippen LogP contribution < -0.4 is 5.59 Å². The number of hydrogen-bond donors (Lipinski definition) is 1. The van der Waals surface area contributed by atoms with Crippen molar-refractivity contribution in [2.75, 3.05) is 0 Å². The van der Waals surface area contributed by atoms with Crippen LogP contribution in [0.3, 0.4) is 0 Å². The molecule has 13 heavy (non-hydrogen) atoms. The first-order chi connectivity index (χ1) is 6.16. The number of rotatable bonds is 1. The fourth-order valence-corrected chi connectivity index (χ4v) is 1.53. The molecular weight excluding hydrogens is 157 g/mol. The largest absolute Gasteiger partial charge is 0.368 e. The summed E-state index contributed by atoms with van der Waals surface area (Å²) in [7, 11) is 5.66. The normalized spacial score (nSPS) is 11.3. The third kappa shape index (κ3) is 1.49. The Kier molecular flexibility index (Phi) is 1.91. The van der Waals surface area contributed by atoms with Gasteiger partial charge in [-0.15, -0.1) is 0 Å². The smallest absolute Gasteiger partial charge is 0.138 e. The van der Waals surface area contributed by atoms with Gasteiger partial charge < -0.3 is 4.98 Å². The Morgan fingerprint density at radius 2 is 2.00 bits per heavy atom. The molecule has 0 unspecified atom stereocenters. The zero-order valence-electron chi connectivity index (χ0n) is 7.96. The summed E-state index contributed by atoms with van der Waals surface area (Å²) < 4.78 is 0. The lowest BCUT2D eigenvalue weighted by atomic mass is 10.0. The van der Waals surface area contributed by atoms with Gasteiger partial charge in [-0.3, -0.25) is 0 Å². The topological polar surface area (TPSA) is 15.8 Å². The standard InChI is InChI=1S/C11H12BN/c1-7(2)8-3-4-9-6-11(12)13-10(9)5-8/h3-7,13H,1-2H3. The minimum absolute atomic E-state index is 0.564. The van der Waals surface area contributed by atoms with E-state index in [1.54, 1.807) is 0 Å². The highest BCUT2D eigenvalue weighted by Crippen LogP contribution is 2.19. The van der Waals surface area contributed by atoms with Crippen LogP contribution >= 0.6 is 0 Å². The first-order valence-electron chi connectivity index (χ1n) is 4.55. The highest BCUT2D eigenvalue weighted by molar-refractivity contribution is 6.32. The lowest BCUT2D eigenvalue weighted by Crippen LogP contribution is -1.99. The zero-order valence-corrected chi connectivity index (χ0v) is 7.96. The summed E-state index contributed by atoms with van der Waals surface area (Å²) in [4.78, 5) is 3.13. The van der Waals surface area contributed by atoms with E-state index in [2.05, 4.69) is 37.0 Å². The molecule has 0 aliphatic carbocycles. The fraction of sp³-hybridized carbons (Fsp3) is 0.273. The van der Waals surface area contributed by atoms with E-state index in [9.17, 15) is 0 Å². The van der Waals surface area contributed by atoms with Crippen LogP contribution in [0.2, 0.25) is 0 Å². The van der Waals surface area contributed by atoms with E-state index >= 15 is 0 Å². The number of H-pyrrole nitrogens is 1. The van der Waals surface area contributed by atoms with Crippen LogP contribution in [0.5, 0.6) is 0 Å². The Labute approximate surface area is 79.6 Å². The van der Waals surface area contributed by atoms with Gasteiger partial charge in [0.1, 0.15) is 7.85 Å². The monoisotopic (exact) mass is 169 g/mol. The molecule has 0 spiro atoms. The van der Waals surface area contributed by atoms with Gasteiger partial charge in [-0.25, -0.2) is 0 Å². The lowest BCUT2D eigenvalue weighted by molar-refractivity contribution is 0.868. The maximum Gasteiger partial charge on any atom is 0.138 e. The first-order valence-corrected chi connectivity index (χ1v) is 4.55. The number of fused-ring (bicyclic) bond motifs is 1. The van der Waals surface area contributed by atoms with Crippen molar-refractivity contribution in [3.63, 3.8) is 0 Å². The van der Waals surface area contributed by atoms with E-state index in [1.165, 1.54) is 10.9 Å². The van der Waals surface area contributed by atoms with Crippen LogP contribution in [0.4, 0.5) is 0 Å². The second-order valence-electron chi connectivity index (χ2n) is 3.73. The van der Waals surface area contributed by atoms with E-state index in [-0.39, 0.29) is 0 Å². The van der Waals surface area contributed by atoms with Crippen molar-refractivity contribution in [3.8, 4) is 0 Å². The van der Waals surface area contributed by atoms with Crippen molar-refractivity contribution in [1.82, 2.24) is 4.98 Å². The number of aromatic amines is 1. The molecule has 0 saturated carbocycles. The molecule has 0 amide bonds. The molecule has 2 rings (SSSR count). The number of benzene rings is 1. The van der Waals surface area contributed by atoms with Gasteiger partial charge in [0.2, 0.25) is 0 Å². The Morgan fingerprint density at radius 3 is 2.69 bits per heavy atom. The summed E-state index contributed by atoms with van der Waals surface area (Å²) in [5.74, 6) is 0.564. The molecule has 1 N–H and O–H groups in total. The molecule has 2 radical (unpaired) electrons. The molecule has 0 bridgehead atoms. The molecule has 64 valence electrons. The Morgan fingerprint density at radius 1 is 1.23 bits per heavy atom. The second kappa shape index (κ2) is 2.95. The van der Waals surface area contributed by atoms with Crippen molar-refractivity contribution in [2.24, 2.45) is 0 Å². The average Bonchev–Trinajstić information content (AvgIpc) is 2.42. The molecule has 0 saturated heterocycles. The third-order valence-corrected chi connectivity index (χ3v) is 2.33. The predicted octanol–water partition coefficient (Wildman–Crippen LogP) is 2.09. The average molecular weight is 169 g/mol. The molecule has 1 heterocycles. The van der Waals surface area contributed by atoms with Gasteiger partial charge in [0.05, 0.1) is 0 Å². The first kappa shape index (κ1) is 8.42. The Hall–Kier alpha value is -1.18. The number of hydrogen-bond acceptors (Lipinski definition) is 0. The summed E-state index contributed by atoms with van der Waals surface area (Å²) in [6.45, 7) is 4.38. The summed E-state index contributed by atoms with van der Waals surface area (Å²) in [5, 5.41) is 1.18. The van der Waals surface area contributed by atoms with Crippen molar-refractivity contribution < 1.29 is 0 Å². The van der Waals surface area contributed by atoms with Crippen LogP contribution in [0, 0.1) is 0 Å². The van der Waals surface area contributed by atoms with Gasteiger partial charge in [-0.05, 0) is 34.6 Å². The fourth-order valence-electron chi connectivity index (χ4n) is 1.53. The van der Waals surface area contributed by atoms with Crippen LogP contribution in [0.1, 0.15) is 25.3 Å². The zero-order chi connectivity index (χ0) is 9.42. The maximum atomic E-state index is 5.66. The van der Waals surface area contributed by atoms with Crippen LogP contribution in [0.15, 0.2) is 24.3 Å². The van der Waals surface area contributed by atoms with Gasteiger partial charge >= 0.3 is 0 Å². The molecule has 1 nitrogen and oxygen atoms in total. The Bertz CT molecular complexity index is 429. The van der Waals surface area contributed by atoms with Gasteiger partial charge in [-0.1, -0.05) is 26.0 Å².